The van der Waals surface area contributed by atoms with E-state index in [0.29, 0.717) is 19.6 Å². The summed E-state index contributed by atoms with van der Waals surface area (Å²) in [5.41, 5.74) is 0.430. The van der Waals surface area contributed by atoms with Gasteiger partial charge in [-0.15, -0.1) is 0 Å². The molecule has 0 aromatic heterocycles. The van der Waals surface area contributed by atoms with Gasteiger partial charge in [0, 0.05) is 12.3 Å². The summed E-state index contributed by atoms with van der Waals surface area (Å²) in [4.78, 5) is 0. The van der Waals surface area contributed by atoms with Crippen molar-refractivity contribution in [3.05, 3.63) is 72.8 Å². The smallest absolute Gasteiger partial charge is 0.261 e. The molecule has 0 unspecified atom stereocenters. The fourth-order valence-electron chi connectivity index (χ4n) is 4.98. The number of benzene rings is 2. The topological polar surface area (TPSA) is 38.7 Å². The molecule has 0 spiro atoms. The van der Waals surface area contributed by atoms with Crippen LogP contribution in [-0.2, 0) is 9.16 Å². The summed E-state index contributed by atoms with van der Waals surface area (Å²) < 4.78 is 13.1. The third-order valence-corrected chi connectivity index (χ3v) is 11.5. The Kier molecular flexibility index (Phi) is 4.87. The van der Waals surface area contributed by atoms with Crippen LogP contribution < -0.4 is 10.4 Å². The summed E-state index contributed by atoms with van der Waals surface area (Å²) in [6, 6.07) is 21.2. The van der Waals surface area contributed by atoms with E-state index in [1.54, 1.807) is 0 Å². The molecule has 2 aromatic rings. The van der Waals surface area contributed by atoms with Gasteiger partial charge in [0.05, 0.1) is 19.3 Å². The fraction of sp³-hybridized carbons (Fsp3) is 0.417. The lowest BCUT2D eigenvalue weighted by atomic mass is 10.0. The van der Waals surface area contributed by atoms with Gasteiger partial charge in [-0.25, -0.2) is 0 Å². The number of hydrogen-bond donors (Lipinski definition) is 1. The maximum Gasteiger partial charge on any atom is 0.261 e. The van der Waals surface area contributed by atoms with Crippen molar-refractivity contribution < 1.29 is 14.3 Å². The number of aliphatic hydroxyl groups excluding tert-OH is 1. The Bertz CT molecular complexity index is 804. The van der Waals surface area contributed by atoms with Crippen LogP contribution in [0.1, 0.15) is 27.2 Å². The Morgan fingerprint density at radius 2 is 1.61 bits per heavy atom. The molecule has 1 aliphatic carbocycles. The van der Waals surface area contributed by atoms with Gasteiger partial charge in [0.1, 0.15) is 5.60 Å². The first-order valence-electron chi connectivity index (χ1n) is 10.0. The highest BCUT2D eigenvalue weighted by molar-refractivity contribution is 6.99. The van der Waals surface area contributed by atoms with E-state index in [2.05, 4.69) is 75.9 Å². The zero-order valence-electron chi connectivity index (χ0n) is 17.0. The highest BCUT2D eigenvalue weighted by atomic mass is 28.4. The summed E-state index contributed by atoms with van der Waals surface area (Å²) >= 11 is 0. The van der Waals surface area contributed by atoms with Gasteiger partial charge in [0.25, 0.3) is 8.32 Å². The van der Waals surface area contributed by atoms with Crippen LogP contribution >= 0.6 is 0 Å². The van der Waals surface area contributed by atoms with E-state index in [1.807, 2.05) is 12.1 Å². The first-order valence-corrected chi connectivity index (χ1v) is 12.0. The second-order valence-electron chi connectivity index (χ2n) is 9.21. The zero-order valence-corrected chi connectivity index (χ0v) is 18.0. The van der Waals surface area contributed by atoms with Gasteiger partial charge < -0.3 is 14.3 Å². The van der Waals surface area contributed by atoms with Crippen molar-refractivity contribution >= 4 is 18.7 Å². The van der Waals surface area contributed by atoms with E-state index in [1.165, 1.54) is 10.4 Å². The second-order valence-corrected chi connectivity index (χ2v) is 13.5. The average Bonchev–Trinajstić information content (AvgIpc) is 3.11. The monoisotopic (exact) mass is 394 g/mol. The number of hydrogen-bond acceptors (Lipinski definition) is 3. The van der Waals surface area contributed by atoms with Crippen molar-refractivity contribution in [3.63, 3.8) is 0 Å². The molecule has 3 nitrogen and oxygen atoms in total. The van der Waals surface area contributed by atoms with Gasteiger partial charge in [-0.3, -0.25) is 0 Å². The quantitative estimate of drug-likeness (QED) is 0.625. The van der Waals surface area contributed by atoms with Crippen molar-refractivity contribution in [2.24, 2.45) is 5.92 Å². The van der Waals surface area contributed by atoms with Gasteiger partial charge in [-0.05, 0) is 15.4 Å². The molecule has 1 N–H and O–H groups in total. The number of fused-ring (bicyclic) bond motifs is 2. The first-order chi connectivity index (χ1) is 13.3. The Morgan fingerprint density at radius 3 is 2.00 bits per heavy atom. The number of aliphatic hydroxyl groups is 1. The van der Waals surface area contributed by atoms with E-state index in [-0.39, 0.29) is 11.0 Å². The standard InChI is InChI=1S/C24H30O3Si/c1-18-15-24(22(25)21(18)16-26-24)17-27-28(23(2,3)4,19-11-7-5-8-12-19)20-13-9-6-10-14-20/h5-14,21-22,25H,1,15-17H2,2-4H3/t21-,22+,24-/m0/s1. The van der Waals surface area contributed by atoms with Crippen LogP contribution in [-0.4, -0.2) is 38.3 Å². The van der Waals surface area contributed by atoms with Crippen molar-refractivity contribution in [1.82, 2.24) is 0 Å². The van der Waals surface area contributed by atoms with Crippen LogP contribution in [0.2, 0.25) is 5.04 Å². The van der Waals surface area contributed by atoms with Crippen LogP contribution in [0.25, 0.3) is 0 Å². The summed E-state index contributed by atoms with van der Waals surface area (Å²) in [5, 5.41) is 13.2. The van der Waals surface area contributed by atoms with Crippen LogP contribution in [0.3, 0.4) is 0 Å². The molecule has 0 radical (unpaired) electrons. The molecule has 4 heteroatoms. The van der Waals surface area contributed by atoms with E-state index >= 15 is 0 Å². The lowest BCUT2D eigenvalue weighted by Gasteiger charge is -2.45. The Hall–Kier alpha value is -1.72. The lowest BCUT2D eigenvalue weighted by Crippen LogP contribution is -2.68. The molecule has 3 atom stereocenters. The van der Waals surface area contributed by atoms with Crippen LogP contribution in [0.5, 0.6) is 0 Å². The van der Waals surface area contributed by atoms with E-state index in [4.69, 9.17) is 9.16 Å². The highest BCUT2D eigenvalue weighted by Crippen LogP contribution is 2.48. The molecule has 4 rings (SSSR count). The first kappa shape index (κ1) is 19.6. The van der Waals surface area contributed by atoms with Gasteiger partial charge in [-0.2, -0.15) is 0 Å². The molecule has 1 heterocycles. The SMILES string of the molecule is C=C1C[C@@]2(CO[Si](c3ccccc3)(c3ccccc3)C(C)(C)C)OC[C@@H]1[C@H]2O. The Labute approximate surface area is 169 Å². The normalized spacial score (nSPS) is 27.4. The summed E-state index contributed by atoms with van der Waals surface area (Å²) in [6.07, 6.45) is 0.148. The third-order valence-electron chi connectivity index (χ3n) is 6.47. The summed E-state index contributed by atoms with van der Waals surface area (Å²) in [6.45, 7) is 11.9. The van der Waals surface area contributed by atoms with Crippen LogP contribution in [0.4, 0.5) is 0 Å². The van der Waals surface area contributed by atoms with Gasteiger partial charge in [0.2, 0.25) is 0 Å². The van der Waals surface area contributed by atoms with E-state index in [9.17, 15) is 5.11 Å². The van der Waals surface area contributed by atoms with Gasteiger partial charge in [0.15, 0.2) is 0 Å². The number of ether oxygens (including phenoxy) is 1. The van der Waals surface area contributed by atoms with E-state index in [0.717, 1.165) is 5.57 Å². The summed E-state index contributed by atoms with van der Waals surface area (Å²) in [7, 11) is -2.63. The highest BCUT2D eigenvalue weighted by Gasteiger charge is 2.59. The lowest BCUT2D eigenvalue weighted by molar-refractivity contribution is -0.0802. The molecule has 2 aromatic carbocycles. The van der Waals surface area contributed by atoms with Gasteiger partial charge in [-0.1, -0.05) is 93.6 Å². The van der Waals surface area contributed by atoms with Crippen molar-refractivity contribution in [3.8, 4) is 0 Å². The maximum atomic E-state index is 10.8. The minimum atomic E-state index is -2.63. The van der Waals surface area contributed by atoms with E-state index < -0.39 is 20.0 Å². The Balaban J connectivity index is 1.79. The largest absolute Gasteiger partial charge is 0.404 e. The van der Waals surface area contributed by atoms with Crippen molar-refractivity contribution in [2.45, 2.75) is 43.9 Å². The maximum absolute atomic E-state index is 10.8. The molecule has 1 saturated heterocycles. The average molecular weight is 395 g/mol. The molecule has 2 fully saturated rings. The zero-order chi connectivity index (χ0) is 20.0. The summed E-state index contributed by atoms with van der Waals surface area (Å²) in [5.74, 6) is 0.0442. The minimum Gasteiger partial charge on any atom is -0.404 e. The molecule has 1 saturated carbocycles. The minimum absolute atomic E-state index is 0.0442. The fourth-order valence-corrected chi connectivity index (χ4v) is 9.60. The van der Waals surface area contributed by atoms with Gasteiger partial charge >= 0.3 is 0 Å². The molecule has 28 heavy (non-hydrogen) atoms. The molecule has 1 aliphatic heterocycles. The molecule has 148 valence electrons. The van der Waals surface area contributed by atoms with Crippen molar-refractivity contribution in [2.75, 3.05) is 13.2 Å². The predicted molar refractivity (Wildman–Crippen MR) is 116 cm³/mol. The van der Waals surface area contributed by atoms with Crippen molar-refractivity contribution in [1.29, 1.82) is 0 Å². The second kappa shape index (κ2) is 6.96. The molecule has 2 bridgehead atoms. The molecule has 2 aliphatic rings. The third kappa shape index (κ3) is 2.91. The predicted octanol–water partition coefficient (Wildman–Crippen LogP) is 3.27. The van der Waals surface area contributed by atoms with Crippen LogP contribution in [0.15, 0.2) is 72.8 Å². The number of rotatable bonds is 5. The molecule has 0 amide bonds. The molecular formula is C24H30O3Si. The Morgan fingerprint density at radius 1 is 1.07 bits per heavy atom. The molecular weight excluding hydrogens is 364 g/mol. The van der Waals surface area contributed by atoms with Crippen LogP contribution in [0, 0.1) is 5.92 Å².